The number of ether oxygens (including phenoxy) is 1. The first-order chi connectivity index (χ1) is 9.95. The van der Waals surface area contributed by atoms with Gasteiger partial charge in [-0.2, -0.15) is 8.78 Å². The molecule has 0 aliphatic carbocycles. The zero-order valence-electron chi connectivity index (χ0n) is 11.1. The summed E-state index contributed by atoms with van der Waals surface area (Å²) in [5.41, 5.74) is 1.40. The van der Waals surface area contributed by atoms with Gasteiger partial charge < -0.3 is 15.2 Å². The number of aromatic hydroxyl groups is 1. The Morgan fingerprint density at radius 1 is 1.19 bits per heavy atom. The lowest BCUT2D eigenvalue weighted by molar-refractivity contribution is -0.0498. The third-order valence-electron chi connectivity index (χ3n) is 2.74. The summed E-state index contributed by atoms with van der Waals surface area (Å²) in [6, 6.07) is 10.1. The quantitative estimate of drug-likeness (QED) is 0.847. The molecule has 0 bridgehead atoms. The van der Waals surface area contributed by atoms with E-state index >= 15 is 0 Å². The summed E-state index contributed by atoms with van der Waals surface area (Å²) in [6.07, 6.45) is 0. The summed E-state index contributed by atoms with van der Waals surface area (Å²) in [7, 11) is 0. The summed E-state index contributed by atoms with van der Waals surface area (Å²) < 4.78 is 28.2. The van der Waals surface area contributed by atoms with Crippen LogP contribution in [0.3, 0.4) is 0 Å². The van der Waals surface area contributed by atoms with E-state index in [1.807, 2.05) is 6.92 Å². The molecule has 0 saturated carbocycles. The van der Waals surface area contributed by atoms with E-state index in [4.69, 9.17) is 0 Å². The van der Waals surface area contributed by atoms with Crippen LogP contribution in [0.2, 0.25) is 0 Å². The van der Waals surface area contributed by atoms with Crippen LogP contribution in [0.4, 0.5) is 14.5 Å². The lowest BCUT2D eigenvalue weighted by Gasteiger charge is -2.09. The Morgan fingerprint density at radius 3 is 2.43 bits per heavy atom. The maximum atomic E-state index is 12.0. The van der Waals surface area contributed by atoms with Crippen LogP contribution in [0, 0.1) is 6.92 Å². The molecule has 0 unspecified atom stereocenters. The highest BCUT2D eigenvalue weighted by atomic mass is 19.3. The standard InChI is InChI=1S/C15H13F2NO3/c1-9-2-7-12(13(19)8-9)18-14(20)10-3-5-11(6-4-10)21-15(16)17/h2-8,15,19H,1H3,(H,18,20). The predicted octanol–water partition coefficient (Wildman–Crippen LogP) is 3.55. The number of carbonyl (C=O) groups is 1. The highest BCUT2D eigenvalue weighted by Crippen LogP contribution is 2.24. The third-order valence-corrected chi connectivity index (χ3v) is 2.74. The fraction of sp³-hybridized carbons (Fsp3) is 0.133. The summed E-state index contributed by atoms with van der Waals surface area (Å²) in [5.74, 6) is -0.529. The minimum atomic E-state index is -2.91. The molecule has 0 aliphatic rings. The molecule has 4 nitrogen and oxygen atoms in total. The average molecular weight is 293 g/mol. The molecule has 1 amide bonds. The first-order valence-corrected chi connectivity index (χ1v) is 6.11. The van der Waals surface area contributed by atoms with E-state index in [0.29, 0.717) is 0 Å². The van der Waals surface area contributed by atoms with Gasteiger partial charge in [0, 0.05) is 5.56 Å². The second kappa shape index (κ2) is 6.21. The molecule has 0 atom stereocenters. The Balaban J connectivity index is 2.09. The fourth-order valence-electron chi connectivity index (χ4n) is 1.73. The first-order valence-electron chi connectivity index (χ1n) is 6.11. The number of rotatable bonds is 4. The fourth-order valence-corrected chi connectivity index (χ4v) is 1.73. The second-order valence-electron chi connectivity index (χ2n) is 4.38. The second-order valence-corrected chi connectivity index (χ2v) is 4.38. The van der Waals surface area contributed by atoms with Crippen molar-refractivity contribution in [3.63, 3.8) is 0 Å². The van der Waals surface area contributed by atoms with Crippen LogP contribution in [0.15, 0.2) is 42.5 Å². The van der Waals surface area contributed by atoms with Crippen LogP contribution in [0.25, 0.3) is 0 Å². The average Bonchev–Trinajstić information content (AvgIpc) is 2.42. The molecule has 2 rings (SSSR count). The van der Waals surface area contributed by atoms with Gasteiger partial charge >= 0.3 is 6.61 Å². The first kappa shape index (κ1) is 14.8. The van der Waals surface area contributed by atoms with E-state index in [0.717, 1.165) is 5.56 Å². The number of halogens is 2. The van der Waals surface area contributed by atoms with Gasteiger partial charge in [0.2, 0.25) is 0 Å². The van der Waals surface area contributed by atoms with E-state index < -0.39 is 12.5 Å². The van der Waals surface area contributed by atoms with Crippen LogP contribution >= 0.6 is 0 Å². The van der Waals surface area contributed by atoms with Crippen LogP contribution in [0.1, 0.15) is 15.9 Å². The van der Waals surface area contributed by atoms with Gasteiger partial charge in [0.05, 0.1) is 5.69 Å². The van der Waals surface area contributed by atoms with E-state index in [9.17, 15) is 18.7 Å². The van der Waals surface area contributed by atoms with Crippen molar-refractivity contribution in [1.82, 2.24) is 0 Å². The van der Waals surface area contributed by atoms with Crippen molar-refractivity contribution >= 4 is 11.6 Å². The Kier molecular flexibility index (Phi) is 4.37. The number of benzene rings is 2. The molecule has 110 valence electrons. The molecule has 0 fully saturated rings. The number of carbonyl (C=O) groups excluding carboxylic acids is 1. The molecular weight excluding hydrogens is 280 g/mol. The molecule has 6 heteroatoms. The predicted molar refractivity (Wildman–Crippen MR) is 73.9 cm³/mol. The summed E-state index contributed by atoms with van der Waals surface area (Å²) in [6.45, 7) is -1.10. The maximum absolute atomic E-state index is 12.0. The summed E-state index contributed by atoms with van der Waals surface area (Å²) in [4.78, 5) is 12.0. The third kappa shape index (κ3) is 3.92. The molecule has 21 heavy (non-hydrogen) atoms. The number of aryl methyl sites for hydroxylation is 1. The molecule has 0 spiro atoms. The van der Waals surface area contributed by atoms with Crippen molar-refractivity contribution < 1.29 is 23.4 Å². The van der Waals surface area contributed by atoms with E-state index in [-0.39, 0.29) is 22.7 Å². The van der Waals surface area contributed by atoms with Gasteiger partial charge in [-0.1, -0.05) is 6.07 Å². The van der Waals surface area contributed by atoms with Gasteiger partial charge in [-0.15, -0.1) is 0 Å². The number of anilines is 1. The highest BCUT2D eigenvalue weighted by molar-refractivity contribution is 6.05. The number of phenolic OH excluding ortho intramolecular Hbond substituents is 1. The van der Waals surface area contributed by atoms with Crippen molar-refractivity contribution in [2.24, 2.45) is 0 Å². The lowest BCUT2D eigenvalue weighted by atomic mass is 10.1. The van der Waals surface area contributed by atoms with Crippen LogP contribution in [-0.4, -0.2) is 17.6 Å². The molecule has 0 heterocycles. The summed E-state index contributed by atoms with van der Waals surface area (Å²) >= 11 is 0. The number of alkyl halides is 2. The Bertz CT molecular complexity index is 642. The Labute approximate surface area is 120 Å². The van der Waals surface area contributed by atoms with Gasteiger partial charge in [0.25, 0.3) is 5.91 Å². The van der Waals surface area contributed by atoms with Crippen molar-refractivity contribution in [1.29, 1.82) is 0 Å². The van der Waals surface area contributed by atoms with Crippen LogP contribution in [-0.2, 0) is 0 Å². The van der Waals surface area contributed by atoms with E-state index in [1.54, 1.807) is 12.1 Å². The van der Waals surface area contributed by atoms with Crippen LogP contribution < -0.4 is 10.1 Å². The molecule has 2 aromatic carbocycles. The number of amides is 1. The lowest BCUT2D eigenvalue weighted by Crippen LogP contribution is -2.12. The topological polar surface area (TPSA) is 58.6 Å². The highest BCUT2D eigenvalue weighted by Gasteiger charge is 2.10. The maximum Gasteiger partial charge on any atom is 0.387 e. The van der Waals surface area contributed by atoms with Crippen molar-refractivity contribution in [2.75, 3.05) is 5.32 Å². The minimum absolute atomic E-state index is 0.0280. The molecule has 0 aliphatic heterocycles. The SMILES string of the molecule is Cc1ccc(NC(=O)c2ccc(OC(F)F)cc2)c(O)c1. The Morgan fingerprint density at radius 2 is 1.86 bits per heavy atom. The molecule has 2 N–H and O–H groups in total. The molecule has 2 aromatic rings. The minimum Gasteiger partial charge on any atom is -0.506 e. The largest absolute Gasteiger partial charge is 0.506 e. The zero-order valence-corrected chi connectivity index (χ0v) is 11.1. The van der Waals surface area contributed by atoms with Gasteiger partial charge in [-0.3, -0.25) is 4.79 Å². The van der Waals surface area contributed by atoms with Crippen molar-refractivity contribution in [3.05, 3.63) is 53.6 Å². The smallest absolute Gasteiger partial charge is 0.387 e. The van der Waals surface area contributed by atoms with E-state index in [1.165, 1.54) is 30.3 Å². The van der Waals surface area contributed by atoms with Gasteiger partial charge in [-0.05, 0) is 48.9 Å². The normalized spacial score (nSPS) is 10.5. The number of phenols is 1. The van der Waals surface area contributed by atoms with Gasteiger partial charge in [0.1, 0.15) is 11.5 Å². The number of nitrogens with one attached hydrogen (secondary N) is 1. The number of hydrogen-bond acceptors (Lipinski definition) is 3. The van der Waals surface area contributed by atoms with Gasteiger partial charge in [0.15, 0.2) is 0 Å². The molecular formula is C15H13F2NO3. The van der Waals surface area contributed by atoms with Crippen LogP contribution in [0.5, 0.6) is 11.5 Å². The monoisotopic (exact) mass is 293 g/mol. The number of hydrogen-bond donors (Lipinski definition) is 2. The molecule has 0 aromatic heterocycles. The van der Waals surface area contributed by atoms with Crippen molar-refractivity contribution in [3.8, 4) is 11.5 Å². The summed E-state index contributed by atoms with van der Waals surface area (Å²) in [5, 5.41) is 12.2. The molecule has 0 saturated heterocycles. The van der Waals surface area contributed by atoms with Gasteiger partial charge in [-0.25, -0.2) is 0 Å². The Hall–Kier alpha value is -2.63. The molecule has 0 radical (unpaired) electrons. The van der Waals surface area contributed by atoms with E-state index in [2.05, 4.69) is 10.1 Å². The zero-order chi connectivity index (χ0) is 15.4. The van der Waals surface area contributed by atoms with Crippen molar-refractivity contribution in [2.45, 2.75) is 13.5 Å².